The van der Waals surface area contributed by atoms with Crippen molar-refractivity contribution in [3.8, 4) is 0 Å². The average Bonchev–Trinajstić information content (AvgIpc) is 2.93. The Bertz CT molecular complexity index is 669. The van der Waals surface area contributed by atoms with Crippen LogP contribution in [0.4, 0.5) is 0 Å². The molecule has 5 nitrogen and oxygen atoms in total. The third-order valence-electron chi connectivity index (χ3n) is 5.48. The van der Waals surface area contributed by atoms with E-state index in [0.717, 1.165) is 17.5 Å². The Balaban J connectivity index is 1.83. The third kappa shape index (κ3) is 2.05. The first kappa shape index (κ1) is 13.4. The first-order valence-corrected chi connectivity index (χ1v) is 8.32. The number of rotatable bonds is 2. The molecule has 2 bridgehead atoms. The molecule has 2 aromatic heterocycles. The van der Waals surface area contributed by atoms with Crippen molar-refractivity contribution in [2.24, 2.45) is 11.8 Å². The van der Waals surface area contributed by atoms with Gasteiger partial charge in [0.2, 0.25) is 0 Å². The van der Waals surface area contributed by atoms with Crippen molar-refractivity contribution in [3.63, 3.8) is 0 Å². The van der Waals surface area contributed by atoms with Crippen molar-refractivity contribution >= 4 is 22.8 Å². The van der Waals surface area contributed by atoms with Gasteiger partial charge in [-0.25, -0.2) is 14.6 Å². The maximum atomic E-state index is 6.13. The van der Waals surface area contributed by atoms with Gasteiger partial charge in [0.05, 0.1) is 5.54 Å². The lowest BCUT2D eigenvalue weighted by molar-refractivity contribution is 0.0392. The minimum atomic E-state index is 0.0915. The molecule has 0 radical (unpaired) electrons. The van der Waals surface area contributed by atoms with Crippen molar-refractivity contribution in [2.75, 3.05) is 0 Å². The summed E-state index contributed by atoms with van der Waals surface area (Å²) >= 11 is 6.13. The van der Waals surface area contributed by atoms with Gasteiger partial charge in [0.25, 0.3) is 0 Å². The fourth-order valence-electron chi connectivity index (χ4n) is 4.57. The molecule has 6 heteroatoms. The maximum Gasteiger partial charge on any atom is 0.183 e. The molecule has 112 valence electrons. The molecule has 4 rings (SSSR count). The van der Waals surface area contributed by atoms with Crippen molar-refractivity contribution in [3.05, 3.63) is 11.5 Å². The van der Waals surface area contributed by atoms with Crippen LogP contribution < -0.4 is 0 Å². The van der Waals surface area contributed by atoms with E-state index < -0.39 is 0 Å². The molecule has 2 aliphatic carbocycles. The molecule has 2 heterocycles. The van der Waals surface area contributed by atoms with Crippen LogP contribution >= 0.6 is 11.6 Å². The van der Waals surface area contributed by atoms with E-state index >= 15 is 0 Å². The first-order chi connectivity index (χ1) is 10.2. The predicted octanol–water partition coefficient (Wildman–Crippen LogP) is 3.58. The van der Waals surface area contributed by atoms with Gasteiger partial charge < -0.3 is 0 Å². The molecule has 2 fully saturated rings. The lowest BCUT2D eigenvalue weighted by Gasteiger charge is -2.48. The molecule has 0 saturated heterocycles. The molecule has 3 atom stereocenters. The van der Waals surface area contributed by atoms with Crippen LogP contribution in [0.2, 0.25) is 5.15 Å². The lowest BCUT2D eigenvalue weighted by atomic mass is 9.63. The molecule has 2 aliphatic rings. The summed E-state index contributed by atoms with van der Waals surface area (Å²) in [5.41, 5.74) is 1.52. The Labute approximate surface area is 129 Å². The van der Waals surface area contributed by atoms with E-state index in [0.29, 0.717) is 10.7 Å². The van der Waals surface area contributed by atoms with Crippen LogP contribution in [0.3, 0.4) is 0 Å². The predicted molar refractivity (Wildman–Crippen MR) is 81.1 cm³/mol. The number of fused-ring (bicyclic) bond motifs is 3. The van der Waals surface area contributed by atoms with E-state index in [4.69, 9.17) is 11.6 Å². The molecule has 0 aliphatic heterocycles. The van der Waals surface area contributed by atoms with Crippen LogP contribution in [-0.2, 0) is 5.54 Å². The number of nitrogens with zero attached hydrogens (tertiary/aromatic N) is 5. The van der Waals surface area contributed by atoms with Gasteiger partial charge in [-0.1, -0.05) is 43.0 Å². The Hall–Kier alpha value is -1.23. The van der Waals surface area contributed by atoms with Gasteiger partial charge in [-0.05, 0) is 37.5 Å². The molecular formula is C15H20ClN5. The van der Waals surface area contributed by atoms with Gasteiger partial charge in [-0.15, -0.1) is 5.10 Å². The number of halogens is 1. The standard InChI is InChI=1S/C15H20ClN5/c1-2-10-6-11-4-3-5-15(7-10,8-11)21-14-12(19-20-21)13(16)17-9-18-14/h9-11H,2-8H2,1H3. The van der Waals surface area contributed by atoms with Gasteiger partial charge in [0, 0.05) is 0 Å². The quantitative estimate of drug-likeness (QED) is 0.796. The summed E-state index contributed by atoms with van der Waals surface area (Å²) in [5.74, 6) is 1.62. The Kier molecular flexibility index (Phi) is 3.14. The molecule has 0 spiro atoms. The maximum absolute atomic E-state index is 6.13. The summed E-state index contributed by atoms with van der Waals surface area (Å²) in [6.45, 7) is 2.30. The second kappa shape index (κ2) is 4.90. The van der Waals surface area contributed by atoms with Crippen LogP contribution in [0.1, 0.15) is 51.9 Å². The zero-order chi connectivity index (χ0) is 14.4. The fraction of sp³-hybridized carbons (Fsp3) is 0.733. The van der Waals surface area contributed by atoms with Gasteiger partial charge >= 0.3 is 0 Å². The van der Waals surface area contributed by atoms with Crippen LogP contribution in [0.15, 0.2) is 6.33 Å². The smallest absolute Gasteiger partial charge is 0.183 e. The fourth-order valence-corrected chi connectivity index (χ4v) is 4.74. The second-order valence-electron chi connectivity index (χ2n) is 6.74. The van der Waals surface area contributed by atoms with Gasteiger partial charge in [-0.3, -0.25) is 0 Å². The number of hydrogen-bond acceptors (Lipinski definition) is 4. The Morgan fingerprint density at radius 2 is 2.29 bits per heavy atom. The van der Waals surface area contributed by atoms with Crippen LogP contribution in [0.25, 0.3) is 11.2 Å². The van der Waals surface area contributed by atoms with E-state index in [1.165, 1.54) is 51.3 Å². The highest BCUT2D eigenvalue weighted by atomic mass is 35.5. The first-order valence-electron chi connectivity index (χ1n) is 7.94. The van der Waals surface area contributed by atoms with Crippen molar-refractivity contribution in [1.29, 1.82) is 0 Å². The van der Waals surface area contributed by atoms with E-state index in [1.54, 1.807) is 0 Å². The minimum Gasteiger partial charge on any atom is -0.222 e. The minimum absolute atomic E-state index is 0.0915. The summed E-state index contributed by atoms with van der Waals surface area (Å²) in [4.78, 5) is 8.43. The Morgan fingerprint density at radius 1 is 1.38 bits per heavy atom. The molecule has 3 unspecified atom stereocenters. The molecule has 2 saturated carbocycles. The normalized spacial score (nSPS) is 32.5. The van der Waals surface area contributed by atoms with Crippen LogP contribution in [-0.4, -0.2) is 25.0 Å². The summed E-state index contributed by atoms with van der Waals surface area (Å²) in [6, 6.07) is 0. The van der Waals surface area contributed by atoms with Gasteiger partial charge in [0.1, 0.15) is 6.33 Å². The third-order valence-corrected chi connectivity index (χ3v) is 5.75. The van der Waals surface area contributed by atoms with Crippen LogP contribution in [0.5, 0.6) is 0 Å². The van der Waals surface area contributed by atoms with E-state index in [2.05, 4.69) is 31.9 Å². The second-order valence-corrected chi connectivity index (χ2v) is 7.10. The molecule has 0 amide bonds. The summed E-state index contributed by atoms with van der Waals surface area (Å²) in [5, 5.41) is 9.08. The highest BCUT2D eigenvalue weighted by Gasteiger charge is 2.45. The largest absolute Gasteiger partial charge is 0.222 e. The SMILES string of the molecule is CCC1CC2CCCC(n3nnc4c(Cl)ncnc43)(C1)C2. The summed E-state index contributed by atoms with van der Waals surface area (Å²) in [6.07, 6.45) is 10.4. The van der Waals surface area contributed by atoms with Gasteiger partial charge in [-0.2, -0.15) is 0 Å². The topological polar surface area (TPSA) is 56.5 Å². The highest BCUT2D eigenvalue weighted by molar-refractivity contribution is 6.33. The van der Waals surface area contributed by atoms with Crippen molar-refractivity contribution in [2.45, 2.75) is 57.4 Å². The van der Waals surface area contributed by atoms with E-state index in [-0.39, 0.29) is 5.54 Å². The van der Waals surface area contributed by atoms with Gasteiger partial charge in [0.15, 0.2) is 16.3 Å². The molecule has 0 aromatic carbocycles. The van der Waals surface area contributed by atoms with E-state index in [9.17, 15) is 0 Å². The summed E-state index contributed by atoms with van der Waals surface area (Å²) in [7, 11) is 0. The summed E-state index contributed by atoms with van der Waals surface area (Å²) < 4.78 is 2.07. The molecule has 2 aromatic rings. The lowest BCUT2D eigenvalue weighted by Crippen LogP contribution is -2.45. The molecular weight excluding hydrogens is 286 g/mol. The van der Waals surface area contributed by atoms with E-state index in [1.807, 2.05) is 0 Å². The number of aromatic nitrogens is 5. The van der Waals surface area contributed by atoms with Crippen molar-refractivity contribution in [1.82, 2.24) is 25.0 Å². The zero-order valence-electron chi connectivity index (χ0n) is 12.3. The number of hydrogen-bond donors (Lipinski definition) is 0. The zero-order valence-corrected chi connectivity index (χ0v) is 13.1. The monoisotopic (exact) mass is 305 g/mol. The Morgan fingerprint density at radius 3 is 3.14 bits per heavy atom. The molecule has 0 N–H and O–H groups in total. The molecule has 21 heavy (non-hydrogen) atoms. The van der Waals surface area contributed by atoms with Crippen LogP contribution in [0, 0.1) is 11.8 Å². The van der Waals surface area contributed by atoms with Crippen molar-refractivity contribution < 1.29 is 0 Å². The average molecular weight is 306 g/mol. The highest BCUT2D eigenvalue weighted by Crippen LogP contribution is 2.50.